The zero-order valence-corrected chi connectivity index (χ0v) is 15.1. The second-order valence-corrected chi connectivity index (χ2v) is 9.29. The largest absolute Gasteiger partial charge is 0.298 e. The number of hydrogen-bond donors (Lipinski definition) is 0. The molecule has 128 valence electrons. The van der Waals surface area contributed by atoms with Crippen LogP contribution < -0.4 is 0 Å². The van der Waals surface area contributed by atoms with Crippen LogP contribution in [-0.4, -0.2) is 61.9 Å². The summed E-state index contributed by atoms with van der Waals surface area (Å²) in [7, 11) is -2.77. The van der Waals surface area contributed by atoms with Gasteiger partial charge < -0.3 is 0 Å². The average molecular weight is 337 g/mol. The van der Waals surface area contributed by atoms with Crippen molar-refractivity contribution in [3.63, 3.8) is 0 Å². The number of nitrogens with zero attached hydrogens (tertiary/aromatic N) is 2. The number of sulfone groups is 1. The predicted molar refractivity (Wildman–Crippen MR) is 94.4 cm³/mol. The molecule has 0 aliphatic carbocycles. The van der Waals surface area contributed by atoms with Gasteiger partial charge in [0.2, 0.25) is 0 Å². The van der Waals surface area contributed by atoms with Crippen molar-refractivity contribution in [2.45, 2.75) is 38.8 Å². The van der Waals surface area contributed by atoms with Gasteiger partial charge in [0.1, 0.15) is 0 Å². The molecule has 2 heterocycles. The molecule has 1 aromatic rings. The number of piperidine rings is 1. The zero-order valence-electron chi connectivity index (χ0n) is 14.2. The normalized spacial score (nSPS) is 25.3. The van der Waals surface area contributed by atoms with Gasteiger partial charge in [-0.05, 0) is 37.8 Å². The van der Waals surface area contributed by atoms with Crippen molar-refractivity contribution in [2.24, 2.45) is 0 Å². The molecule has 3 rings (SSSR count). The zero-order chi connectivity index (χ0) is 16.4. The van der Waals surface area contributed by atoms with Gasteiger partial charge in [0.05, 0.1) is 11.5 Å². The summed E-state index contributed by atoms with van der Waals surface area (Å²) in [6.45, 7) is 8.14. The van der Waals surface area contributed by atoms with E-state index in [1.54, 1.807) is 0 Å². The van der Waals surface area contributed by atoms with Crippen molar-refractivity contribution >= 4 is 9.84 Å². The summed E-state index contributed by atoms with van der Waals surface area (Å²) >= 11 is 0. The molecule has 0 aromatic heterocycles. The Morgan fingerprint density at radius 2 is 1.65 bits per heavy atom. The molecule has 0 radical (unpaired) electrons. The van der Waals surface area contributed by atoms with Gasteiger partial charge in [0.15, 0.2) is 9.84 Å². The van der Waals surface area contributed by atoms with Crippen LogP contribution in [0.5, 0.6) is 0 Å². The van der Waals surface area contributed by atoms with Crippen LogP contribution >= 0.6 is 0 Å². The third-order valence-electron chi connectivity index (χ3n) is 5.58. The van der Waals surface area contributed by atoms with Gasteiger partial charge in [0.25, 0.3) is 0 Å². The molecule has 0 saturated carbocycles. The Morgan fingerprint density at radius 3 is 2.26 bits per heavy atom. The van der Waals surface area contributed by atoms with Gasteiger partial charge in [-0.1, -0.05) is 24.3 Å². The smallest absolute Gasteiger partial charge is 0.152 e. The molecular weight excluding hydrogens is 308 g/mol. The number of hydrogen-bond acceptors (Lipinski definition) is 4. The fraction of sp³-hybridized carbons (Fsp3) is 0.667. The molecule has 5 heteroatoms. The highest BCUT2D eigenvalue weighted by Gasteiger charge is 2.31. The molecule has 2 saturated heterocycles. The van der Waals surface area contributed by atoms with Crippen molar-refractivity contribution in [3.05, 3.63) is 35.4 Å². The minimum atomic E-state index is -2.77. The van der Waals surface area contributed by atoms with Crippen LogP contribution in [0.15, 0.2) is 24.3 Å². The van der Waals surface area contributed by atoms with E-state index in [0.717, 1.165) is 39.0 Å². The number of rotatable bonds is 3. The Balaban J connectivity index is 1.55. The molecule has 0 amide bonds. The third-order valence-corrected chi connectivity index (χ3v) is 7.19. The Hall–Kier alpha value is -0.910. The Labute approximate surface area is 140 Å². The second kappa shape index (κ2) is 6.91. The van der Waals surface area contributed by atoms with E-state index in [1.165, 1.54) is 11.1 Å². The van der Waals surface area contributed by atoms with Crippen LogP contribution in [0.1, 0.15) is 36.9 Å². The summed E-state index contributed by atoms with van der Waals surface area (Å²) in [5.41, 5.74) is 2.79. The number of benzene rings is 1. The fourth-order valence-electron chi connectivity index (χ4n) is 3.98. The van der Waals surface area contributed by atoms with Crippen LogP contribution in [0.25, 0.3) is 0 Å². The summed E-state index contributed by atoms with van der Waals surface area (Å²) in [4.78, 5) is 4.97. The maximum Gasteiger partial charge on any atom is 0.152 e. The quantitative estimate of drug-likeness (QED) is 0.849. The first kappa shape index (κ1) is 16.9. The van der Waals surface area contributed by atoms with Gasteiger partial charge in [0, 0.05) is 38.3 Å². The van der Waals surface area contributed by atoms with E-state index < -0.39 is 9.84 Å². The molecule has 0 bridgehead atoms. The van der Waals surface area contributed by atoms with Crippen LogP contribution in [0.2, 0.25) is 0 Å². The monoisotopic (exact) mass is 336 g/mol. The Morgan fingerprint density at radius 1 is 1.04 bits per heavy atom. The first-order valence-electron chi connectivity index (χ1n) is 8.70. The van der Waals surface area contributed by atoms with Gasteiger partial charge in [-0.2, -0.15) is 0 Å². The molecule has 1 aromatic carbocycles. The van der Waals surface area contributed by atoms with Crippen molar-refractivity contribution in [1.82, 2.24) is 9.80 Å². The number of aryl methyl sites for hydroxylation is 1. The van der Waals surface area contributed by atoms with E-state index in [4.69, 9.17) is 0 Å². The van der Waals surface area contributed by atoms with Gasteiger partial charge in [-0.25, -0.2) is 8.42 Å². The fourth-order valence-corrected chi connectivity index (χ4v) is 5.21. The molecule has 0 unspecified atom stereocenters. The molecule has 2 aliphatic heterocycles. The van der Waals surface area contributed by atoms with Gasteiger partial charge >= 0.3 is 0 Å². The minimum absolute atomic E-state index is 0.340. The molecule has 2 aliphatic rings. The van der Waals surface area contributed by atoms with E-state index in [2.05, 4.69) is 47.9 Å². The average Bonchev–Trinajstić information content (AvgIpc) is 2.55. The molecule has 23 heavy (non-hydrogen) atoms. The molecule has 1 atom stereocenters. The second-order valence-electron chi connectivity index (χ2n) is 6.99. The van der Waals surface area contributed by atoms with Crippen molar-refractivity contribution < 1.29 is 8.42 Å². The maximum absolute atomic E-state index is 11.6. The van der Waals surface area contributed by atoms with Crippen LogP contribution in [0, 0.1) is 6.92 Å². The predicted octanol–water partition coefficient (Wildman–Crippen LogP) is 2.25. The van der Waals surface area contributed by atoms with E-state index in [0.29, 0.717) is 23.6 Å². The third kappa shape index (κ3) is 3.95. The maximum atomic E-state index is 11.6. The highest BCUT2D eigenvalue weighted by molar-refractivity contribution is 7.91. The van der Waals surface area contributed by atoms with E-state index >= 15 is 0 Å². The lowest BCUT2D eigenvalue weighted by Crippen LogP contribution is -2.50. The lowest BCUT2D eigenvalue weighted by Gasteiger charge is -2.42. The SMILES string of the molecule is Cc1ccccc1[C@@H](C)N1CCC(N2CCS(=O)(=O)CC2)CC1. The van der Waals surface area contributed by atoms with Crippen LogP contribution in [-0.2, 0) is 9.84 Å². The standard InChI is InChI=1S/C18H28N2O2S/c1-15-5-3-4-6-18(15)16(2)19-9-7-17(8-10-19)20-11-13-23(21,22)14-12-20/h3-6,16-17H,7-14H2,1-2H3/t16-/m1/s1. The van der Waals surface area contributed by atoms with Crippen LogP contribution in [0.3, 0.4) is 0 Å². The summed E-state index contributed by atoms with van der Waals surface area (Å²) in [6, 6.07) is 9.67. The summed E-state index contributed by atoms with van der Waals surface area (Å²) in [5.74, 6) is 0.680. The van der Waals surface area contributed by atoms with E-state index in [1.807, 2.05) is 0 Å². The minimum Gasteiger partial charge on any atom is -0.298 e. The lowest BCUT2D eigenvalue weighted by molar-refractivity contribution is 0.0925. The van der Waals surface area contributed by atoms with Crippen molar-refractivity contribution in [2.75, 3.05) is 37.7 Å². The van der Waals surface area contributed by atoms with Crippen molar-refractivity contribution in [3.8, 4) is 0 Å². The van der Waals surface area contributed by atoms with Gasteiger partial charge in [-0.15, -0.1) is 0 Å². The highest BCUT2D eigenvalue weighted by atomic mass is 32.2. The topological polar surface area (TPSA) is 40.6 Å². The van der Waals surface area contributed by atoms with Crippen molar-refractivity contribution in [1.29, 1.82) is 0 Å². The molecule has 0 N–H and O–H groups in total. The first-order chi connectivity index (χ1) is 11.0. The molecule has 2 fully saturated rings. The number of likely N-dealkylation sites (tertiary alicyclic amines) is 1. The summed E-state index contributed by atoms with van der Waals surface area (Å²) in [6.07, 6.45) is 2.30. The summed E-state index contributed by atoms with van der Waals surface area (Å²) in [5, 5.41) is 0. The Bertz CT molecular complexity index is 622. The Kier molecular flexibility index (Phi) is 5.09. The molecule has 4 nitrogen and oxygen atoms in total. The molecule has 0 spiro atoms. The lowest BCUT2D eigenvalue weighted by atomic mass is 9.97. The van der Waals surface area contributed by atoms with E-state index in [9.17, 15) is 8.42 Å². The van der Waals surface area contributed by atoms with E-state index in [-0.39, 0.29) is 0 Å². The van der Waals surface area contributed by atoms with Crippen LogP contribution in [0.4, 0.5) is 0 Å². The first-order valence-corrected chi connectivity index (χ1v) is 10.5. The highest BCUT2D eigenvalue weighted by Crippen LogP contribution is 2.28. The van der Waals surface area contributed by atoms with Gasteiger partial charge in [-0.3, -0.25) is 9.80 Å². The summed E-state index contributed by atoms with van der Waals surface area (Å²) < 4.78 is 23.1. The molecular formula is C18H28N2O2S.